The zero-order chi connectivity index (χ0) is 33.2. The number of hydrogen-bond acceptors (Lipinski definition) is 8. The van der Waals surface area contributed by atoms with E-state index in [0.717, 1.165) is 24.0 Å². The molecular formula is C32H36N6O6S2. The van der Waals surface area contributed by atoms with Crippen LogP contribution in [-0.4, -0.2) is 41.7 Å². The Balaban J connectivity index is 1.12. The summed E-state index contributed by atoms with van der Waals surface area (Å²) < 4.78 is 66.9. The lowest BCUT2D eigenvalue weighted by Gasteiger charge is -2.10. The van der Waals surface area contributed by atoms with E-state index in [9.17, 15) is 16.8 Å². The molecule has 0 aliphatic heterocycles. The van der Waals surface area contributed by atoms with E-state index in [4.69, 9.17) is 31.8 Å². The monoisotopic (exact) mass is 664 g/mol. The smallest absolute Gasteiger partial charge is 0.240 e. The summed E-state index contributed by atoms with van der Waals surface area (Å²) in [6.45, 7) is 1.20. The van der Waals surface area contributed by atoms with Gasteiger partial charge in [-0.15, -0.1) is 0 Å². The standard InChI is InChI=1S/C32H36N6O6S2/c33-31(34)25-7-15-29(16-8-25)45(39,40)37-21-23-3-11-27(12-4-23)43-19-1-2-20-44-28-13-5-24(6-14-28)22-38-46(41,42)30-17-9-26(10-18-30)32(35)36/h3-18,37-38H,1-2,19-22H2,(H3,33,34)(H3,35,36). The highest BCUT2D eigenvalue weighted by molar-refractivity contribution is 7.89. The predicted octanol–water partition coefficient (Wildman–Crippen LogP) is 3.45. The van der Waals surface area contributed by atoms with Crippen molar-refractivity contribution in [2.45, 2.75) is 35.7 Å². The molecule has 14 heteroatoms. The number of amidine groups is 2. The first-order valence-electron chi connectivity index (χ1n) is 14.2. The van der Waals surface area contributed by atoms with Crippen LogP contribution in [0.5, 0.6) is 11.5 Å². The average Bonchev–Trinajstić information content (AvgIpc) is 3.05. The van der Waals surface area contributed by atoms with Gasteiger partial charge in [0.05, 0.1) is 23.0 Å². The minimum absolute atomic E-state index is 0.0927. The summed E-state index contributed by atoms with van der Waals surface area (Å²) >= 11 is 0. The third-order valence-corrected chi connectivity index (χ3v) is 9.64. The second kappa shape index (κ2) is 15.5. The average molecular weight is 665 g/mol. The quantitative estimate of drug-likeness (QED) is 0.0558. The summed E-state index contributed by atoms with van der Waals surface area (Å²) in [7, 11) is -7.43. The van der Waals surface area contributed by atoms with E-state index in [-0.39, 0.29) is 34.6 Å². The Kier molecular flexibility index (Phi) is 11.5. The third kappa shape index (κ3) is 9.87. The maximum Gasteiger partial charge on any atom is 0.240 e. The minimum atomic E-state index is -3.71. The Morgan fingerprint density at radius 3 is 1.17 bits per heavy atom. The topological polar surface area (TPSA) is 211 Å². The Labute approximate surface area is 268 Å². The van der Waals surface area contributed by atoms with E-state index in [1.165, 1.54) is 48.5 Å². The van der Waals surface area contributed by atoms with Gasteiger partial charge in [-0.1, -0.05) is 24.3 Å². The van der Waals surface area contributed by atoms with Gasteiger partial charge in [-0.05, 0) is 96.8 Å². The molecule has 0 saturated carbocycles. The number of rotatable bonds is 17. The van der Waals surface area contributed by atoms with Crippen molar-refractivity contribution in [1.82, 2.24) is 9.44 Å². The van der Waals surface area contributed by atoms with E-state index >= 15 is 0 Å². The number of ether oxygens (including phenoxy) is 2. The van der Waals surface area contributed by atoms with Gasteiger partial charge in [0.2, 0.25) is 20.0 Å². The number of nitrogens with two attached hydrogens (primary N) is 2. The van der Waals surface area contributed by atoms with Crippen molar-refractivity contribution in [3.63, 3.8) is 0 Å². The molecule has 4 rings (SSSR count). The van der Waals surface area contributed by atoms with E-state index in [0.29, 0.717) is 35.8 Å². The highest BCUT2D eigenvalue weighted by Crippen LogP contribution is 2.17. The molecule has 0 aliphatic rings. The van der Waals surface area contributed by atoms with Gasteiger partial charge >= 0.3 is 0 Å². The van der Waals surface area contributed by atoms with Crippen LogP contribution < -0.4 is 30.4 Å². The highest BCUT2D eigenvalue weighted by Gasteiger charge is 2.15. The molecule has 12 nitrogen and oxygen atoms in total. The Morgan fingerprint density at radius 1 is 0.543 bits per heavy atom. The summed E-state index contributed by atoms with van der Waals surface area (Å²) in [5.74, 6) is 1.09. The van der Waals surface area contributed by atoms with Crippen molar-refractivity contribution in [3.05, 3.63) is 119 Å². The van der Waals surface area contributed by atoms with Crippen LogP contribution in [0.2, 0.25) is 0 Å². The van der Waals surface area contributed by atoms with Crippen LogP contribution in [0.25, 0.3) is 0 Å². The molecule has 0 saturated heterocycles. The maximum absolute atomic E-state index is 12.6. The maximum atomic E-state index is 12.6. The summed E-state index contributed by atoms with van der Waals surface area (Å²) in [6.07, 6.45) is 1.52. The predicted molar refractivity (Wildman–Crippen MR) is 176 cm³/mol. The normalized spacial score (nSPS) is 11.6. The number of nitrogens with one attached hydrogen (secondary N) is 4. The SMILES string of the molecule is N=C(N)c1ccc(S(=O)(=O)NCc2ccc(OCCCCOc3ccc(CNS(=O)(=O)c4ccc(C(=N)N)cc4)cc3)cc2)cc1. The summed E-state index contributed by atoms with van der Waals surface area (Å²) in [6, 6.07) is 25.9. The van der Waals surface area contributed by atoms with Gasteiger partial charge in [-0.3, -0.25) is 10.8 Å². The first-order valence-corrected chi connectivity index (χ1v) is 17.2. The number of sulfonamides is 2. The van der Waals surface area contributed by atoms with Crippen LogP contribution in [0.1, 0.15) is 35.1 Å². The van der Waals surface area contributed by atoms with E-state index < -0.39 is 20.0 Å². The van der Waals surface area contributed by atoms with Crippen molar-refractivity contribution < 1.29 is 26.3 Å². The molecule has 242 valence electrons. The zero-order valence-corrected chi connectivity index (χ0v) is 26.5. The minimum Gasteiger partial charge on any atom is -0.494 e. The fourth-order valence-corrected chi connectivity index (χ4v) is 6.18. The lowest BCUT2D eigenvalue weighted by molar-refractivity contribution is 0.266. The second-order valence-electron chi connectivity index (χ2n) is 10.2. The molecule has 0 unspecified atom stereocenters. The lowest BCUT2D eigenvalue weighted by Crippen LogP contribution is -2.23. The fourth-order valence-electron chi connectivity index (χ4n) is 4.14. The van der Waals surface area contributed by atoms with Crippen molar-refractivity contribution in [1.29, 1.82) is 10.8 Å². The van der Waals surface area contributed by atoms with Crippen molar-refractivity contribution in [2.75, 3.05) is 13.2 Å². The Morgan fingerprint density at radius 2 is 0.870 bits per heavy atom. The summed E-state index contributed by atoms with van der Waals surface area (Å²) in [4.78, 5) is 0.185. The lowest BCUT2D eigenvalue weighted by atomic mass is 10.2. The number of nitrogen functional groups attached to an aromatic ring is 2. The van der Waals surface area contributed by atoms with Gasteiger partial charge in [-0.2, -0.15) is 0 Å². The Hall–Kier alpha value is -4.76. The highest BCUT2D eigenvalue weighted by atomic mass is 32.2. The molecule has 8 N–H and O–H groups in total. The van der Waals surface area contributed by atoms with Gasteiger partial charge in [-0.25, -0.2) is 26.3 Å². The molecule has 0 heterocycles. The van der Waals surface area contributed by atoms with Crippen molar-refractivity contribution in [3.8, 4) is 11.5 Å². The molecule has 4 aromatic carbocycles. The van der Waals surface area contributed by atoms with E-state index in [2.05, 4.69) is 9.44 Å². The molecule has 0 amide bonds. The van der Waals surface area contributed by atoms with Gasteiger partial charge in [0.15, 0.2) is 0 Å². The third-order valence-electron chi connectivity index (χ3n) is 6.81. The van der Waals surface area contributed by atoms with Crippen LogP contribution in [0.3, 0.4) is 0 Å². The van der Waals surface area contributed by atoms with Crippen LogP contribution in [0.15, 0.2) is 107 Å². The van der Waals surface area contributed by atoms with Crippen LogP contribution >= 0.6 is 0 Å². The molecule has 0 spiro atoms. The van der Waals surface area contributed by atoms with Crippen LogP contribution in [0.4, 0.5) is 0 Å². The molecule has 0 radical (unpaired) electrons. The van der Waals surface area contributed by atoms with Gasteiger partial charge in [0, 0.05) is 24.2 Å². The first kappa shape index (κ1) is 34.1. The molecule has 0 fully saturated rings. The van der Waals surface area contributed by atoms with Crippen LogP contribution in [0, 0.1) is 10.8 Å². The molecule has 4 aromatic rings. The van der Waals surface area contributed by atoms with E-state index in [1.54, 1.807) is 48.5 Å². The first-order chi connectivity index (χ1) is 21.9. The number of hydrogen-bond donors (Lipinski definition) is 6. The molecule has 0 atom stereocenters. The van der Waals surface area contributed by atoms with Crippen molar-refractivity contribution in [2.24, 2.45) is 11.5 Å². The van der Waals surface area contributed by atoms with Crippen molar-refractivity contribution >= 4 is 31.7 Å². The van der Waals surface area contributed by atoms with E-state index in [1.807, 2.05) is 0 Å². The van der Waals surface area contributed by atoms with Gasteiger partial charge in [0.1, 0.15) is 23.2 Å². The molecule has 0 aliphatic carbocycles. The fraction of sp³-hybridized carbons (Fsp3) is 0.188. The van der Waals surface area contributed by atoms with Gasteiger partial charge < -0.3 is 20.9 Å². The number of unbranched alkanes of at least 4 members (excludes halogenated alkanes) is 1. The summed E-state index contributed by atoms with van der Waals surface area (Å²) in [5, 5.41) is 14.8. The number of benzene rings is 4. The second-order valence-corrected chi connectivity index (χ2v) is 13.8. The Bertz CT molecular complexity index is 1710. The summed E-state index contributed by atoms with van der Waals surface area (Å²) in [5.41, 5.74) is 13.3. The zero-order valence-electron chi connectivity index (χ0n) is 24.9. The molecule has 0 bridgehead atoms. The largest absolute Gasteiger partial charge is 0.494 e. The van der Waals surface area contributed by atoms with Gasteiger partial charge in [0.25, 0.3) is 0 Å². The molecular weight excluding hydrogens is 629 g/mol. The van der Waals surface area contributed by atoms with Crippen LogP contribution in [-0.2, 0) is 33.1 Å². The molecule has 46 heavy (non-hydrogen) atoms. The molecule has 0 aromatic heterocycles.